The fourth-order valence-electron chi connectivity index (χ4n) is 4.49. The molecule has 3 heterocycles. The molecule has 2 N–H and O–H groups in total. The standard InChI is InChI=1S/C25H22F3N5O/c26-25(27,28)19-10-2-1-8-17(19)24-31-22-18(23(29)34)9-6-11-20(22)33(24)21-12-5-7-16(30-21)15-32-13-3-4-14-32/h1-2,5-12H,3-4,13-15H2,(H2,29,34). The Morgan fingerprint density at radius 2 is 1.68 bits per heavy atom. The number of likely N-dealkylation sites (tertiary alicyclic amines) is 1. The maximum atomic E-state index is 13.9. The maximum Gasteiger partial charge on any atom is 0.417 e. The van der Waals surface area contributed by atoms with E-state index in [4.69, 9.17) is 10.7 Å². The summed E-state index contributed by atoms with van der Waals surface area (Å²) >= 11 is 0. The van der Waals surface area contributed by atoms with Crippen molar-refractivity contribution in [2.45, 2.75) is 25.6 Å². The number of amides is 1. The molecule has 0 aliphatic carbocycles. The first kappa shape index (κ1) is 22.1. The molecule has 174 valence electrons. The fraction of sp³-hybridized carbons (Fsp3) is 0.240. The van der Waals surface area contributed by atoms with E-state index in [1.54, 1.807) is 22.8 Å². The molecule has 0 spiro atoms. The Kier molecular flexibility index (Phi) is 5.57. The van der Waals surface area contributed by atoms with E-state index in [0.717, 1.165) is 37.7 Å². The summed E-state index contributed by atoms with van der Waals surface area (Å²) in [4.78, 5) is 23.6. The molecule has 1 amide bonds. The molecule has 1 fully saturated rings. The molecule has 0 saturated carbocycles. The van der Waals surface area contributed by atoms with Crippen molar-refractivity contribution in [2.24, 2.45) is 5.73 Å². The summed E-state index contributed by atoms with van der Waals surface area (Å²) in [5.74, 6) is -0.239. The van der Waals surface area contributed by atoms with Gasteiger partial charge in [0.2, 0.25) is 0 Å². The van der Waals surface area contributed by atoms with Gasteiger partial charge < -0.3 is 5.73 Å². The first-order chi connectivity index (χ1) is 16.3. The zero-order valence-corrected chi connectivity index (χ0v) is 18.2. The molecule has 2 aromatic heterocycles. The summed E-state index contributed by atoms with van der Waals surface area (Å²) in [6.45, 7) is 2.64. The average Bonchev–Trinajstić information content (AvgIpc) is 3.46. The van der Waals surface area contributed by atoms with Gasteiger partial charge in [-0.2, -0.15) is 13.2 Å². The van der Waals surface area contributed by atoms with Crippen LogP contribution in [0.4, 0.5) is 13.2 Å². The fourth-order valence-corrected chi connectivity index (χ4v) is 4.49. The van der Waals surface area contributed by atoms with E-state index in [9.17, 15) is 18.0 Å². The molecule has 5 rings (SSSR count). The number of para-hydroxylation sites is 1. The van der Waals surface area contributed by atoms with E-state index >= 15 is 0 Å². The number of halogens is 3. The number of rotatable bonds is 5. The third-order valence-corrected chi connectivity index (χ3v) is 6.03. The number of nitrogens with two attached hydrogens (primary N) is 1. The SMILES string of the molecule is NC(=O)c1cccc2c1nc(-c1ccccc1C(F)(F)F)n2-c1cccc(CN2CCCC2)n1. The number of carbonyl (C=O) groups is 1. The van der Waals surface area contributed by atoms with Gasteiger partial charge in [0.05, 0.1) is 22.3 Å². The Balaban J connectivity index is 1.75. The second-order valence-corrected chi connectivity index (χ2v) is 8.32. The van der Waals surface area contributed by atoms with Crippen molar-refractivity contribution in [1.29, 1.82) is 0 Å². The predicted octanol–water partition coefficient (Wildman–Crippen LogP) is 4.80. The first-order valence-electron chi connectivity index (χ1n) is 11.0. The van der Waals surface area contributed by atoms with Gasteiger partial charge in [-0.15, -0.1) is 0 Å². The average molecular weight is 465 g/mol. The third kappa shape index (κ3) is 4.03. The summed E-state index contributed by atoms with van der Waals surface area (Å²) < 4.78 is 43.2. The molecule has 0 unspecified atom stereocenters. The molecule has 4 aromatic rings. The van der Waals surface area contributed by atoms with E-state index in [1.165, 1.54) is 24.3 Å². The van der Waals surface area contributed by atoms with Crippen LogP contribution in [0.15, 0.2) is 60.7 Å². The number of hydrogen-bond donors (Lipinski definition) is 1. The van der Waals surface area contributed by atoms with E-state index in [1.807, 2.05) is 12.1 Å². The molecule has 1 aliphatic rings. The van der Waals surface area contributed by atoms with E-state index in [-0.39, 0.29) is 22.5 Å². The highest BCUT2D eigenvalue weighted by molar-refractivity contribution is 6.05. The molecular weight excluding hydrogens is 443 g/mol. The smallest absolute Gasteiger partial charge is 0.366 e. The highest BCUT2D eigenvalue weighted by Gasteiger charge is 2.35. The number of imidazole rings is 1. The largest absolute Gasteiger partial charge is 0.417 e. The van der Waals surface area contributed by atoms with Crippen molar-refractivity contribution in [3.05, 3.63) is 77.5 Å². The second-order valence-electron chi connectivity index (χ2n) is 8.32. The van der Waals surface area contributed by atoms with E-state index in [2.05, 4.69) is 9.88 Å². The number of alkyl halides is 3. The minimum Gasteiger partial charge on any atom is -0.366 e. The number of benzene rings is 2. The van der Waals surface area contributed by atoms with Gasteiger partial charge >= 0.3 is 6.18 Å². The number of nitrogens with zero attached hydrogens (tertiary/aromatic N) is 4. The molecule has 34 heavy (non-hydrogen) atoms. The summed E-state index contributed by atoms with van der Waals surface area (Å²) in [5, 5.41) is 0. The van der Waals surface area contributed by atoms with Crippen LogP contribution in [0.1, 0.15) is 34.5 Å². The topological polar surface area (TPSA) is 77.0 Å². The Bertz CT molecular complexity index is 1370. The van der Waals surface area contributed by atoms with Crippen LogP contribution in [-0.4, -0.2) is 38.4 Å². The van der Waals surface area contributed by atoms with Crippen molar-refractivity contribution in [3.8, 4) is 17.2 Å². The molecule has 0 atom stereocenters. The van der Waals surface area contributed by atoms with Crippen molar-refractivity contribution >= 4 is 16.9 Å². The third-order valence-electron chi connectivity index (χ3n) is 6.03. The lowest BCUT2D eigenvalue weighted by molar-refractivity contribution is -0.137. The monoisotopic (exact) mass is 465 g/mol. The zero-order chi connectivity index (χ0) is 23.9. The quantitative estimate of drug-likeness (QED) is 0.459. The van der Waals surface area contributed by atoms with Crippen LogP contribution in [0.5, 0.6) is 0 Å². The van der Waals surface area contributed by atoms with Crippen molar-refractivity contribution < 1.29 is 18.0 Å². The van der Waals surface area contributed by atoms with Crippen LogP contribution < -0.4 is 5.73 Å². The number of fused-ring (bicyclic) bond motifs is 1. The number of hydrogen-bond acceptors (Lipinski definition) is 4. The van der Waals surface area contributed by atoms with Gasteiger partial charge in [0.15, 0.2) is 0 Å². The van der Waals surface area contributed by atoms with Crippen LogP contribution >= 0.6 is 0 Å². The minimum atomic E-state index is -4.59. The van der Waals surface area contributed by atoms with Gasteiger partial charge in [-0.1, -0.05) is 30.3 Å². The van der Waals surface area contributed by atoms with Gasteiger partial charge in [-0.3, -0.25) is 14.3 Å². The van der Waals surface area contributed by atoms with Gasteiger partial charge in [0, 0.05) is 12.1 Å². The number of carbonyl (C=O) groups excluding carboxylic acids is 1. The van der Waals surface area contributed by atoms with Crippen LogP contribution in [0, 0.1) is 0 Å². The molecule has 2 aromatic carbocycles. The van der Waals surface area contributed by atoms with Gasteiger partial charge in [-0.05, 0) is 56.3 Å². The summed E-state index contributed by atoms with van der Waals surface area (Å²) in [6, 6.07) is 15.6. The summed E-state index contributed by atoms with van der Waals surface area (Å²) in [7, 11) is 0. The van der Waals surface area contributed by atoms with Gasteiger partial charge in [0.1, 0.15) is 17.2 Å². The van der Waals surface area contributed by atoms with Crippen LogP contribution in [0.2, 0.25) is 0 Å². The molecule has 6 nitrogen and oxygen atoms in total. The Morgan fingerprint density at radius 1 is 0.941 bits per heavy atom. The summed E-state index contributed by atoms with van der Waals surface area (Å²) in [6.07, 6.45) is -2.31. The Hall–Kier alpha value is -3.72. The lowest BCUT2D eigenvalue weighted by atomic mass is 10.1. The molecule has 9 heteroatoms. The van der Waals surface area contributed by atoms with Crippen molar-refractivity contribution in [3.63, 3.8) is 0 Å². The van der Waals surface area contributed by atoms with E-state index < -0.39 is 17.6 Å². The van der Waals surface area contributed by atoms with Gasteiger partial charge in [0.25, 0.3) is 5.91 Å². The highest BCUT2D eigenvalue weighted by atomic mass is 19.4. The van der Waals surface area contributed by atoms with Crippen molar-refractivity contribution in [1.82, 2.24) is 19.4 Å². The van der Waals surface area contributed by atoms with Crippen LogP contribution in [-0.2, 0) is 12.7 Å². The summed E-state index contributed by atoms with van der Waals surface area (Å²) in [5.41, 5.74) is 6.24. The van der Waals surface area contributed by atoms with Crippen LogP contribution in [0.3, 0.4) is 0 Å². The zero-order valence-electron chi connectivity index (χ0n) is 18.2. The van der Waals surface area contributed by atoms with Crippen LogP contribution in [0.25, 0.3) is 28.2 Å². The normalized spacial score (nSPS) is 14.7. The second kappa shape index (κ2) is 8.57. The molecular formula is C25H22F3N5O. The van der Waals surface area contributed by atoms with E-state index in [0.29, 0.717) is 17.9 Å². The number of primary amides is 1. The predicted molar refractivity (Wildman–Crippen MR) is 122 cm³/mol. The number of pyridine rings is 1. The lowest BCUT2D eigenvalue weighted by Crippen LogP contribution is -2.19. The number of aromatic nitrogens is 3. The van der Waals surface area contributed by atoms with Gasteiger partial charge in [-0.25, -0.2) is 9.97 Å². The lowest BCUT2D eigenvalue weighted by Gasteiger charge is -2.16. The molecule has 1 aliphatic heterocycles. The Morgan fingerprint density at radius 3 is 2.41 bits per heavy atom. The highest BCUT2D eigenvalue weighted by Crippen LogP contribution is 2.38. The Labute approximate surface area is 193 Å². The molecule has 0 bridgehead atoms. The first-order valence-corrected chi connectivity index (χ1v) is 11.0. The minimum absolute atomic E-state index is 0.0439. The molecule has 0 radical (unpaired) electrons. The maximum absolute atomic E-state index is 13.9. The van der Waals surface area contributed by atoms with Crippen molar-refractivity contribution in [2.75, 3.05) is 13.1 Å². The molecule has 1 saturated heterocycles.